The van der Waals surface area contributed by atoms with E-state index in [2.05, 4.69) is 41.8 Å². The highest BCUT2D eigenvalue weighted by Gasteiger charge is 2.07. The van der Waals surface area contributed by atoms with Gasteiger partial charge in [0, 0.05) is 35.2 Å². The van der Waals surface area contributed by atoms with Crippen molar-refractivity contribution in [2.75, 3.05) is 11.1 Å². The first-order chi connectivity index (χ1) is 12.4. The Labute approximate surface area is 159 Å². The Hall–Kier alpha value is -2.27. The second-order valence-electron chi connectivity index (χ2n) is 6.53. The van der Waals surface area contributed by atoms with E-state index in [1.165, 1.54) is 10.5 Å². The quantitative estimate of drug-likeness (QED) is 0.678. The van der Waals surface area contributed by atoms with Gasteiger partial charge in [0.1, 0.15) is 0 Å². The zero-order valence-electron chi connectivity index (χ0n) is 15.5. The number of hydrogen-bond acceptors (Lipinski definition) is 3. The highest BCUT2D eigenvalue weighted by Crippen LogP contribution is 2.19. The summed E-state index contributed by atoms with van der Waals surface area (Å²) in [4.78, 5) is 24.8. The van der Waals surface area contributed by atoms with Gasteiger partial charge in [-0.3, -0.25) is 9.59 Å². The molecule has 2 N–H and O–H groups in total. The molecule has 0 fully saturated rings. The number of anilines is 1. The number of carbonyl (C=O) groups excluding carboxylic acids is 2. The summed E-state index contributed by atoms with van der Waals surface area (Å²) in [6.45, 7) is 6.27. The van der Waals surface area contributed by atoms with Gasteiger partial charge in [-0.05, 0) is 36.8 Å². The lowest BCUT2D eigenvalue weighted by atomic mass is 10.1. The first-order valence-electron chi connectivity index (χ1n) is 8.80. The van der Waals surface area contributed by atoms with Gasteiger partial charge >= 0.3 is 0 Å². The number of amides is 2. The van der Waals surface area contributed by atoms with Gasteiger partial charge in [0.15, 0.2) is 0 Å². The molecule has 0 aliphatic heterocycles. The first-order valence-corrected chi connectivity index (χ1v) is 9.78. The Kier molecular flexibility index (Phi) is 7.73. The van der Waals surface area contributed by atoms with Crippen molar-refractivity contribution < 1.29 is 9.59 Å². The lowest BCUT2D eigenvalue weighted by molar-refractivity contribution is -0.121. The third-order valence-electron chi connectivity index (χ3n) is 3.85. The smallest absolute Gasteiger partial charge is 0.226 e. The van der Waals surface area contributed by atoms with E-state index in [9.17, 15) is 9.59 Å². The molecule has 138 valence electrons. The zero-order valence-corrected chi connectivity index (χ0v) is 16.4. The zero-order chi connectivity index (χ0) is 18.9. The van der Waals surface area contributed by atoms with Crippen LogP contribution in [0.2, 0.25) is 0 Å². The van der Waals surface area contributed by atoms with Crippen LogP contribution in [-0.4, -0.2) is 17.6 Å². The van der Waals surface area contributed by atoms with Gasteiger partial charge in [0.2, 0.25) is 11.8 Å². The molecule has 0 atom stereocenters. The molecule has 0 aliphatic rings. The summed E-state index contributed by atoms with van der Waals surface area (Å²) in [5.41, 5.74) is 3.02. The first kappa shape index (κ1) is 20.0. The predicted molar refractivity (Wildman–Crippen MR) is 108 cm³/mol. The van der Waals surface area contributed by atoms with Gasteiger partial charge in [0.05, 0.1) is 0 Å². The number of thioether (sulfide) groups is 1. The van der Waals surface area contributed by atoms with Crippen molar-refractivity contribution in [3.05, 3.63) is 59.7 Å². The average molecular weight is 371 g/mol. The third-order valence-corrected chi connectivity index (χ3v) is 4.87. The number of rotatable bonds is 8. The normalized spacial score (nSPS) is 10.6. The van der Waals surface area contributed by atoms with Crippen molar-refractivity contribution in [3.8, 4) is 0 Å². The molecule has 2 rings (SSSR count). The Morgan fingerprint density at radius 3 is 2.27 bits per heavy atom. The van der Waals surface area contributed by atoms with Gasteiger partial charge < -0.3 is 10.6 Å². The van der Waals surface area contributed by atoms with E-state index in [1.54, 1.807) is 11.8 Å². The second-order valence-corrected chi connectivity index (χ2v) is 7.70. The summed E-state index contributed by atoms with van der Waals surface area (Å²) in [6.07, 6.45) is 0.487. The summed E-state index contributed by atoms with van der Waals surface area (Å²) < 4.78 is 0. The summed E-state index contributed by atoms with van der Waals surface area (Å²) in [5.74, 6) is 0.750. The number of carbonyl (C=O) groups is 2. The number of aryl methyl sites for hydroxylation is 1. The second kappa shape index (κ2) is 10.0. The maximum Gasteiger partial charge on any atom is 0.226 e. The summed E-state index contributed by atoms with van der Waals surface area (Å²) >= 11 is 1.69. The fourth-order valence-corrected chi connectivity index (χ4v) is 3.03. The third kappa shape index (κ3) is 6.92. The van der Waals surface area contributed by atoms with Crippen molar-refractivity contribution >= 4 is 29.3 Å². The summed E-state index contributed by atoms with van der Waals surface area (Å²) in [5, 5.41) is 5.78. The van der Waals surface area contributed by atoms with Crippen molar-refractivity contribution in [1.82, 2.24) is 5.32 Å². The molecule has 0 bridgehead atoms. The Morgan fingerprint density at radius 1 is 1.00 bits per heavy atom. The van der Waals surface area contributed by atoms with Crippen molar-refractivity contribution in [2.45, 2.75) is 38.6 Å². The fourth-order valence-electron chi connectivity index (χ4n) is 2.18. The predicted octanol–water partition coefficient (Wildman–Crippen LogP) is 4.39. The standard InChI is InChI=1S/C21H26N2O2S/c1-15(2)21(25)23-18-8-6-17(7-9-18)14-22-20(24)12-13-26-19-10-4-16(3)5-11-19/h4-11,15H,12-14H2,1-3H3,(H,22,24)(H,23,25). The monoisotopic (exact) mass is 370 g/mol. The minimum absolute atomic E-state index is 0.00266. The van der Waals surface area contributed by atoms with Crippen LogP contribution in [0.1, 0.15) is 31.4 Å². The maximum atomic E-state index is 12.0. The van der Waals surface area contributed by atoms with E-state index in [0.717, 1.165) is 17.0 Å². The van der Waals surface area contributed by atoms with Gasteiger partial charge in [-0.1, -0.05) is 43.7 Å². The molecular formula is C21H26N2O2S. The van der Waals surface area contributed by atoms with E-state index in [0.29, 0.717) is 13.0 Å². The Morgan fingerprint density at radius 2 is 1.65 bits per heavy atom. The fraction of sp³-hybridized carbons (Fsp3) is 0.333. The molecule has 26 heavy (non-hydrogen) atoms. The minimum Gasteiger partial charge on any atom is -0.352 e. The molecular weight excluding hydrogens is 344 g/mol. The van der Waals surface area contributed by atoms with Crippen LogP contribution in [-0.2, 0) is 16.1 Å². The van der Waals surface area contributed by atoms with Crippen molar-refractivity contribution in [2.24, 2.45) is 5.92 Å². The van der Waals surface area contributed by atoms with E-state index in [1.807, 2.05) is 38.1 Å². The van der Waals surface area contributed by atoms with Crippen LogP contribution in [0.4, 0.5) is 5.69 Å². The van der Waals surface area contributed by atoms with Gasteiger partial charge in [-0.25, -0.2) is 0 Å². The highest BCUT2D eigenvalue weighted by molar-refractivity contribution is 7.99. The number of benzene rings is 2. The van der Waals surface area contributed by atoms with E-state index in [4.69, 9.17) is 0 Å². The van der Waals surface area contributed by atoms with Crippen molar-refractivity contribution in [1.29, 1.82) is 0 Å². The lowest BCUT2D eigenvalue weighted by Crippen LogP contribution is -2.23. The van der Waals surface area contributed by atoms with Crippen LogP contribution in [0.5, 0.6) is 0 Å². The van der Waals surface area contributed by atoms with Crippen molar-refractivity contribution in [3.63, 3.8) is 0 Å². The van der Waals surface area contributed by atoms with Gasteiger partial charge in [-0.2, -0.15) is 0 Å². The van der Waals surface area contributed by atoms with Crippen LogP contribution in [0.3, 0.4) is 0 Å². The average Bonchev–Trinajstić information content (AvgIpc) is 2.62. The lowest BCUT2D eigenvalue weighted by Gasteiger charge is -2.09. The molecule has 0 aliphatic carbocycles. The number of hydrogen-bond donors (Lipinski definition) is 2. The largest absolute Gasteiger partial charge is 0.352 e. The maximum absolute atomic E-state index is 12.0. The molecule has 2 amide bonds. The minimum atomic E-state index is -0.0493. The molecule has 0 saturated heterocycles. The molecule has 2 aromatic carbocycles. The van der Waals surface area contributed by atoms with Crippen LogP contribution < -0.4 is 10.6 Å². The molecule has 5 heteroatoms. The number of nitrogens with one attached hydrogen (secondary N) is 2. The Bertz CT molecular complexity index is 725. The summed E-state index contributed by atoms with van der Waals surface area (Å²) in [6, 6.07) is 15.9. The molecule has 0 spiro atoms. The molecule has 2 aromatic rings. The molecule has 0 aromatic heterocycles. The molecule has 0 saturated carbocycles. The highest BCUT2D eigenvalue weighted by atomic mass is 32.2. The van der Waals surface area contributed by atoms with Crippen LogP contribution in [0.25, 0.3) is 0 Å². The van der Waals surface area contributed by atoms with Crippen LogP contribution >= 0.6 is 11.8 Å². The van der Waals surface area contributed by atoms with Crippen LogP contribution in [0, 0.1) is 12.8 Å². The van der Waals surface area contributed by atoms with Gasteiger partial charge in [0.25, 0.3) is 0 Å². The van der Waals surface area contributed by atoms with E-state index in [-0.39, 0.29) is 17.7 Å². The molecule has 0 radical (unpaired) electrons. The molecule has 0 unspecified atom stereocenters. The van der Waals surface area contributed by atoms with E-state index < -0.39 is 0 Å². The SMILES string of the molecule is Cc1ccc(SCCC(=O)NCc2ccc(NC(=O)C(C)C)cc2)cc1. The topological polar surface area (TPSA) is 58.2 Å². The molecule has 4 nitrogen and oxygen atoms in total. The van der Waals surface area contributed by atoms with Gasteiger partial charge in [-0.15, -0.1) is 11.8 Å². The van der Waals surface area contributed by atoms with Crippen LogP contribution in [0.15, 0.2) is 53.4 Å². The van der Waals surface area contributed by atoms with E-state index >= 15 is 0 Å². The molecule has 0 heterocycles. The summed E-state index contributed by atoms with van der Waals surface area (Å²) in [7, 11) is 0. The Balaban J connectivity index is 1.70.